The molecule has 0 fully saturated rings. The van der Waals surface area contributed by atoms with Crippen LogP contribution in [0.3, 0.4) is 0 Å². The van der Waals surface area contributed by atoms with Crippen molar-refractivity contribution in [3.8, 4) is 11.5 Å². The van der Waals surface area contributed by atoms with Crippen LogP contribution in [0.25, 0.3) is 0 Å². The molecule has 0 aliphatic carbocycles. The first-order valence-corrected chi connectivity index (χ1v) is 8.96. The molecule has 9 nitrogen and oxygen atoms in total. The Bertz CT molecular complexity index is 898. The average molecular weight is 405 g/mol. The molecular formula is C20H23NO8. The Morgan fingerprint density at radius 1 is 1.03 bits per heavy atom. The van der Waals surface area contributed by atoms with Gasteiger partial charge in [-0.15, -0.1) is 0 Å². The smallest absolute Gasteiger partial charge is 0.343 e. The first-order valence-electron chi connectivity index (χ1n) is 8.96. The second kappa shape index (κ2) is 9.74. The van der Waals surface area contributed by atoms with Gasteiger partial charge in [0.15, 0.2) is 5.75 Å². The van der Waals surface area contributed by atoms with Crippen molar-refractivity contribution >= 4 is 17.7 Å². The Morgan fingerprint density at radius 3 is 2.17 bits per heavy atom. The minimum atomic E-state index is -0.916. The maximum atomic E-state index is 13.0. The van der Waals surface area contributed by atoms with Crippen LogP contribution in [0.1, 0.15) is 46.0 Å². The Labute approximate surface area is 167 Å². The SMILES string of the molecule is CCOC(=O)Cc1c(C(=O)OCC)c(O)c(C(=O)c2ccc(OC)cc2)n1CO. The van der Waals surface area contributed by atoms with Gasteiger partial charge in [0.2, 0.25) is 5.78 Å². The normalized spacial score (nSPS) is 10.5. The second-order valence-electron chi connectivity index (χ2n) is 5.85. The summed E-state index contributed by atoms with van der Waals surface area (Å²) in [4.78, 5) is 37.4. The number of benzene rings is 1. The molecule has 0 aliphatic heterocycles. The lowest BCUT2D eigenvalue weighted by Crippen LogP contribution is -2.18. The fraction of sp³-hybridized carbons (Fsp3) is 0.350. The van der Waals surface area contributed by atoms with E-state index in [1.165, 1.54) is 19.2 Å². The van der Waals surface area contributed by atoms with Crippen LogP contribution >= 0.6 is 0 Å². The lowest BCUT2D eigenvalue weighted by molar-refractivity contribution is -0.142. The van der Waals surface area contributed by atoms with E-state index >= 15 is 0 Å². The molecule has 156 valence electrons. The predicted molar refractivity (Wildman–Crippen MR) is 101 cm³/mol. The fourth-order valence-corrected chi connectivity index (χ4v) is 2.87. The number of ether oxygens (including phenoxy) is 3. The zero-order chi connectivity index (χ0) is 21.6. The van der Waals surface area contributed by atoms with Gasteiger partial charge in [-0.3, -0.25) is 9.59 Å². The summed E-state index contributed by atoms with van der Waals surface area (Å²) in [6.45, 7) is 2.57. The lowest BCUT2D eigenvalue weighted by atomic mass is 10.1. The van der Waals surface area contributed by atoms with Crippen LogP contribution in [0, 0.1) is 0 Å². The van der Waals surface area contributed by atoms with E-state index in [0.717, 1.165) is 4.57 Å². The predicted octanol–water partition coefficient (Wildman–Crippen LogP) is 1.67. The highest BCUT2D eigenvalue weighted by molar-refractivity contribution is 6.12. The Kier molecular flexibility index (Phi) is 7.38. The molecule has 0 atom stereocenters. The van der Waals surface area contributed by atoms with Gasteiger partial charge in [-0.05, 0) is 38.1 Å². The van der Waals surface area contributed by atoms with Crippen molar-refractivity contribution in [2.24, 2.45) is 0 Å². The zero-order valence-corrected chi connectivity index (χ0v) is 16.4. The van der Waals surface area contributed by atoms with Crippen LogP contribution in [-0.4, -0.2) is 52.8 Å². The molecule has 0 unspecified atom stereocenters. The summed E-state index contributed by atoms with van der Waals surface area (Å²) >= 11 is 0. The number of rotatable bonds is 9. The number of ketones is 1. The molecule has 0 saturated carbocycles. The highest BCUT2D eigenvalue weighted by Crippen LogP contribution is 2.33. The van der Waals surface area contributed by atoms with E-state index in [4.69, 9.17) is 14.2 Å². The van der Waals surface area contributed by atoms with Crippen LogP contribution < -0.4 is 4.74 Å². The van der Waals surface area contributed by atoms with Gasteiger partial charge in [-0.2, -0.15) is 0 Å². The van der Waals surface area contributed by atoms with E-state index in [2.05, 4.69) is 0 Å². The number of hydrogen-bond acceptors (Lipinski definition) is 8. The molecule has 9 heteroatoms. The Hall–Kier alpha value is -3.33. The van der Waals surface area contributed by atoms with Crippen molar-refractivity contribution in [2.45, 2.75) is 27.0 Å². The van der Waals surface area contributed by atoms with Crippen molar-refractivity contribution in [3.05, 3.63) is 46.8 Å². The quantitative estimate of drug-likeness (QED) is 0.477. The van der Waals surface area contributed by atoms with Crippen molar-refractivity contribution in [3.63, 3.8) is 0 Å². The van der Waals surface area contributed by atoms with E-state index < -0.39 is 36.6 Å². The third-order valence-corrected chi connectivity index (χ3v) is 4.15. The summed E-state index contributed by atoms with van der Waals surface area (Å²) in [5.41, 5.74) is -0.573. The summed E-state index contributed by atoms with van der Waals surface area (Å²) in [5.74, 6) is -2.40. The van der Waals surface area contributed by atoms with Gasteiger partial charge in [0, 0.05) is 5.56 Å². The van der Waals surface area contributed by atoms with E-state index in [1.807, 2.05) is 0 Å². The molecule has 2 N–H and O–H groups in total. The van der Waals surface area contributed by atoms with Crippen molar-refractivity contribution in [1.82, 2.24) is 4.57 Å². The molecule has 29 heavy (non-hydrogen) atoms. The third kappa shape index (κ3) is 4.57. The number of esters is 2. The van der Waals surface area contributed by atoms with Gasteiger partial charge in [0.05, 0.1) is 32.4 Å². The summed E-state index contributed by atoms with van der Waals surface area (Å²) < 4.78 is 15.9. The van der Waals surface area contributed by atoms with Gasteiger partial charge in [0.1, 0.15) is 23.7 Å². The number of aromatic nitrogens is 1. The minimum Gasteiger partial charge on any atom is -0.505 e. The first kappa shape index (κ1) is 22.0. The third-order valence-electron chi connectivity index (χ3n) is 4.15. The topological polar surface area (TPSA) is 124 Å². The van der Waals surface area contributed by atoms with Gasteiger partial charge < -0.3 is 29.0 Å². The Morgan fingerprint density at radius 2 is 1.66 bits per heavy atom. The number of carbonyl (C=O) groups is 3. The lowest BCUT2D eigenvalue weighted by Gasteiger charge is -2.10. The molecule has 0 radical (unpaired) electrons. The van der Waals surface area contributed by atoms with Crippen LogP contribution in [0.5, 0.6) is 11.5 Å². The standard InChI is InChI=1S/C20H23NO8/c1-4-28-15(23)10-14-16(20(26)29-5-2)19(25)17(21(14)11-22)18(24)12-6-8-13(27-3)9-7-12/h6-9,22,25H,4-5,10-11H2,1-3H3. The van der Waals surface area contributed by atoms with Gasteiger partial charge in [-0.25, -0.2) is 4.79 Å². The molecule has 0 amide bonds. The summed E-state index contributed by atoms with van der Waals surface area (Å²) in [6.07, 6.45) is -0.438. The molecular weight excluding hydrogens is 382 g/mol. The largest absolute Gasteiger partial charge is 0.505 e. The Balaban J connectivity index is 2.62. The highest BCUT2D eigenvalue weighted by atomic mass is 16.5. The van der Waals surface area contributed by atoms with Crippen LogP contribution in [0.15, 0.2) is 24.3 Å². The molecule has 1 aromatic carbocycles. The molecule has 1 aromatic heterocycles. The van der Waals surface area contributed by atoms with Gasteiger partial charge >= 0.3 is 11.9 Å². The van der Waals surface area contributed by atoms with E-state index in [-0.39, 0.29) is 35.7 Å². The van der Waals surface area contributed by atoms with Gasteiger partial charge in [0.25, 0.3) is 0 Å². The maximum absolute atomic E-state index is 13.0. The second-order valence-corrected chi connectivity index (χ2v) is 5.85. The zero-order valence-electron chi connectivity index (χ0n) is 16.4. The number of aliphatic hydroxyl groups excluding tert-OH is 1. The number of nitrogens with zero attached hydrogens (tertiary/aromatic N) is 1. The summed E-state index contributed by atoms with van der Waals surface area (Å²) in [7, 11) is 1.48. The minimum absolute atomic E-state index is 0.0170. The molecule has 0 spiro atoms. The number of aliphatic hydroxyl groups is 1. The summed E-state index contributed by atoms with van der Waals surface area (Å²) in [5, 5.41) is 20.5. The van der Waals surface area contributed by atoms with E-state index in [9.17, 15) is 24.6 Å². The van der Waals surface area contributed by atoms with E-state index in [1.54, 1.807) is 26.0 Å². The van der Waals surface area contributed by atoms with Crippen molar-refractivity contribution in [1.29, 1.82) is 0 Å². The molecule has 0 aliphatic rings. The highest BCUT2D eigenvalue weighted by Gasteiger charge is 2.33. The maximum Gasteiger partial charge on any atom is 0.343 e. The number of hydrogen-bond donors (Lipinski definition) is 2. The van der Waals surface area contributed by atoms with Crippen LogP contribution in [-0.2, 0) is 27.4 Å². The van der Waals surface area contributed by atoms with Crippen LogP contribution in [0.2, 0.25) is 0 Å². The average Bonchev–Trinajstić information content (AvgIpc) is 2.98. The molecule has 0 bridgehead atoms. The summed E-state index contributed by atoms with van der Waals surface area (Å²) in [6, 6.07) is 6.07. The van der Waals surface area contributed by atoms with Gasteiger partial charge in [-0.1, -0.05) is 0 Å². The molecule has 1 heterocycles. The van der Waals surface area contributed by atoms with Crippen molar-refractivity contribution in [2.75, 3.05) is 20.3 Å². The van der Waals surface area contributed by atoms with Crippen LogP contribution in [0.4, 0.5) is 0 Å². The number of aromatic hydroxyl groups is 1. The molecule has 2 aromatic rings. The van der Waals surface area contributed by atoms with Crippen molar-refractivity contribution < 1.29 is 38.8 Å². The number of methoxy groups -OCH3 is 1. The molecule has 2 rings (SSSR count). The van der Waals surface area contributed by atoms with E-state index in [0.29, 0.717) is 5.75 Å². The monoisotopic (exact) mass is 405 g/mol. The fourth-order valence-electron chi connectivity index (χ4n) is 2.87. The molecule has 0 saturated heterocycles. The first-order chi connectivity index (χ1) is 13.9. The number of carbonyl (C=O) groups excluding carboxylic acids is 3.